The number of aryl methyl sites for hydroxylation is 1. The molecule has 0 spiro atoms. The van der Waals surface area contributed by atoms with E-state index in [1.807, 2.05) is 25.1 Å². The molecule has 0 fully saturated rings. The Morgan fingerprint density at radius 2 is 2.10 bits per heavy atom. The number of benzene rings is 1. The highest BCUT2D eigenvalue weighted by Gasteiger charge is 2.06. The maximum Gasteiger partial charge on any atom is 0.275 e. The number of rotatable bonds is 4. The van der Waals surface area contributed by atoms with Gasteiger partial charge >= 0.3 is 0 Å². The summed E-state index contributed by atoms with van der Waals surface area (Å²) in [6.45, 7) is 2.58. The third-order valence-electron chi connectivity index (χ3n) is 2.91. The molecule has 0 aliphatic heterocycles. The average Bonchev–Trinajstić information content (AvgIpc) is 2.83. The SMILES string of the molecule is Cc1cc(=O)n2nc(NCCc3ccccc3)sc2n1. The summed E-state index contributed by atoms with van der Waals surface area (Å²) in [4.78, 5) is 16.7. The highest BCUT2D eigenvalue weighted by atomic mass is 32.1. The van der Waals surface area contributed by atoms with Crippen molar-refractivity contribution < 1.29 is 0 Å². The van der Waals surface area contributed by atoms with Gasteiger partial charge in [-0.3, -0.25) is 4.79 Å². The molecular formula is C14H14N4OS. The third-order valence-corrected chi connectivity index (χ3v) is 3.77. The van der Waals surface area contributed by atoms with Crippen molar-refractivity contribution in [3.05, 3.63) is 58.0 Å². The van der Waals surface area contributed by atoms with Crippen molar-refractivity contribution in [2.75, 3.05) is 11.9 Å². The van der Waals surface area contributed by atoms with Gasteiger partial charge in [0.15, 0.2) is 0 Å². The molecule has 2 aromatic heterocycles. The second-order valence-corrected chi connectivity index (χ2v) is 5.46. The van der Waals surface area contributed by atoms with Gasteiger partial charge in [0.2, 0.25) is 10.1 Å². The van der Waals surface area contributed by atoms with Crippen molar-refractivity contribution in [2.24, 2.45) is 0 Å². The largest absolute Gasteiger partial charge is 0.360 e. The first-order valence-electron chi connectivity index (χ1n) is 6.38. The van der Waals surface area contributed by atoms with E-state index in [2.05, 4.69) is 27.5 Å². The second kappa shape index (κ2) is 5.42. The van der Waals surface area contributed by atoms with E-state index in [-0.39, 0.29) is 5.56 Å². The van der Waals surface area contributed by atoms with Crippen LogP contribution in [0.25, 0.3) is 4.96 Å². The fraction of sp³-hybridized carbons (Fsp3) is 0.214. The summed E-state index contributed by atoms with van der Waals surface area (Å²) in [6, 6.07) is 11.7. The van der Waals surface area contributed by atoms with E-state index in [4.69, 9.17) is 0 Å². The van der Waals surface area contributed by atoms with Gasteiger partial charge in [-0.1, -0.05) is 41.7 Å². The van der Waals surface area contributed by atoms with Gasteiger partial charge < -0.3 is 5.32 Å². The van der Waals surface area contributed by atoms with E-state index >= 15 is 0 Å². The van der Waals surface area contributed by atoms with Crippen molar-refractivity contribution in [3.63, 3.8) is 0 Å². The minimum Gasteiger partial charge on any atom is -0.360 e. The zero-order valence-corrected chi connectivity index (χ0v) is 11.9. The van der Waals surface area contributed by atoms with Crippen LogP contribution in [0.4, 0.5) is 5.13 Å². The molecule has 3 aromatic rings. The molecule has 0 radical (unpaired) electrons. The molecule has 2 heterocycles. The lowest BCUT2D eigenvalue weighted by atomic mass is 10.2. The van der Waals surface area contributed by atoms with Gasteiger partial charge in [-0.05, 0) is 18.9 Å². The first-order valence-corrected chi connectivity index (χ1v) is 7.19. The number of anilines is 1. The van der Waals surface area contributed by atoms with Crippen LogP contribution in [0.3, 0.4) is 0 Å². The number of aromatic nitrogens is 3. The standard InChI is InChI=1S/C14H14N4OS/c1-10-9-12(19)18-14(16-10)20-13(17-18)15-8-7-11-5-3-2-4-6-11/h2-6,9H,7-8H2,1H3,(H,15,17). The first-order chi connectivity index (χ1) is 9.72. The molecule has 0 aliphatic carbocycles. The third kappa shape index (κ3) is 2.70. The smallest absolute Gasteiger partial charge is 0.275 e. The fourth-order valence-electron chi connectivity index (χ4n) is 1.95. The Bertz CT molecular complexity index is 779. The van der Waals surface area contributed by atoms with Crippen LogP contribution < -0.4 is 10.9 Å². The molecule has 0 aliphatic rings. The van der Waals surface area contributed by atoms with Gasteiger partial charge in [0.1, 0.15) is 0 Å². The van der Waals surface area contributed by atoms with Crippen LogP contribution in [0.2, 0.25) is 0 Å². The van der Waals surface area contributed by atoms with Gasteiger partial charge in [0.05, 0.1) is 0 Å². The number of hydrogen-bond donors (Lipinski definition) is 1. The van der Waals surface area contributed by atoms with Crippen LogP contribution in [-0.2, 0) is 6.42 Å². The molecule has 1 aromatic carbocycles. The van der Waals surface area contributed by atoms with Crippen molar-refractivity contribution >= 4 is 21.4 Å². The summed E-state index contributed by atoms with van der Waals surface area (Å²) in [7, 11) is 0. The van der Waals surface area contributed by atoms with Crippen LogP contribution in [0.15, 0.2) is 41.2 Å². The van der Waals surface area contributed by atoms with Crippen LogP contribution >= 0.6 is 11.3 Å². The lowest BCUT2D eigenvalue weighted by Gasteiger charge is -2.01. The Morgan fingerprint density at radius 1 is 1.30 bits per heavy atom. The van der Waals surface area contributed by atoms with Crippen LogP contribution in [-0.4, -0.2) is 21.1 Å². The molecule has 0 saturated carbocycles. The van der Waals surface area contributed by atoms with Crippen LogP contribution in [0, 0.1) is 6.92 Å². The molecule has 102 valence electrons. The Kier molecular flexibility index (Phi) is 3.47. The number of fused-ring (bicyclic) bond motifs is 1. The van der Waals surface area contributed by atoms with Gasteiger partial charge in [-0.25, -0.2) is 4.98 Å². The zero-order chi connectivity index (χ0) is 13.9. The number of nitrogens with one attached hydrogen (secondary N) is 1. The van der Waals surface area contributed by atoms with Gasteiger partial charge in [0.25, 0.3) is 5.56 Å². The normalized spacial score (nSPS) is 10.8. The van der Waals surface area contributed by atoms with Crippen LogP contribution in [0.5, 0.6) is 0 Å². The highest BCUT2D eigenvalue weighted by Crippen LogP contribution is 2.16. The minimum absolute atomic E-state index is 0.139. The predicted molar refractivity (Wildman–Crippen MR) is 80.5 cm³/mol. The van der Waals surface area contributed by atoms with Crippen molar-refractivity contribution in [2.45, 2.75) is 13.3 Å². The summed E-state index contributed by atoms with van der Waals surface area (Å²) < 4.78 is 1.34. The summed E-state index contributed by atoms with van der Waals surface area (Å²) in [5.74, 6) is 0. The van der Waals surface area contributed by atoms with E-state index in [0.29, 0.717) is 4.96 Å². The Balaban J connectivity index is 1.72. The maximum atomic E-state index is 11.7. The Labute approximate surface area is 119 Å². The van der Waals surface area contributed by atoms with Gasteiger partial charge in [-0.15, -0.1) is 5.10 Å². The molecule has 1 N–H and O–H groups in total. The zero-order valence-electron chi connectivity index (χ0n) is 11.0. The minimum atomic E-state index is -0.139. The molecule has 0 bridgehead atoms. The summed E-state index contributed by atoms with van der Waals surface area (Å²) in [5, 5.41) is 8.19. The molecular weight excluding hydrogens is 272 g/mol. The molecule has 5 nitrogen and oxygen atoms in total. The first kappa shape index (κ1) is 12.8. The summed E-state index contributed by atoms with van der Waals surface area (Å²) in [5.41, 5.74) is 1.85. The van der Waals surface area contributed by atoms with Crippen LogP contribution in [0.1, 0.15) is 11.3 Å². The molecule has 0 amide bonds. The predicted octanol–water partition coefficient (Wildman–Crippen LogP) is 2.11. The molecule has 6 heteroatoms. The molecule has 0 atom stereocenters. The lowest BCUT2D eigenvalue weighted by Crippen LogP contribution is -2.14. The maximum absolute atomic E-state index is 11.7. The van der Waals surface area contributed by atoms with E-state index < -0.39 is 0 Å². The lowest BCUT2D eigenvalue weighted by molar-refractivity contribution is 0.884. The Morgan fingerprint density at radius 3 is 2.90 bits per heavy atom. The van der Waals surface area contributed by atoms with E-state index in [1.54, 1.807) is 0 Å². The van der Waals surface area contributed by atoms with Crippen molar-refractivity contribution in [1.82, 2.24) is 14.6 Å². The molecule has 3 rings (SSSR count). The Hall–Kier alpha value is -2.21. The summed E-state index contributed by atoms with van der Waals surface area (Å²) >= 11 is 1.39. The van der Waals surface area contributed by atoms with E-state index in [0.717, 1.165) is 23.8 Å². The fourth-order valence-corrected chi connectivity index (χ4v) is 2.83. The quantitative estimate of drug-likeness (QED) is 0.798. The topological polar surface area (TPSA) is 59.3 Å². The second-order valence-electron chi connectivity index (χ2n) is 4.50. The monoisotopic (exact) mass is 286 g/mol. The highest BCUT2D eigenvalue weighted by molar-refractivity contribution is 7.20. The van der Waals surface area contributed by atoms with Gasteiger partial charge in [0, 0.05) is 18.3 Å². The van der Waals surface area contributed by atoms with Crippen molar-refractivity contribution in [3.8, 4) is 0 Å². The number of nitrogens with zero attached hydrogens (tertiary/aromatic N) is 3. The number of hydrogen-bond acceptors (Lipinski definition) is 5. The van der Waals surface area contributed by atoms with E-state index in [1.165, 1.54) is 27.5 Å². The molecule has 20 heavy (non-hydrogen) atoms. The van der Waals surface area contributed by atoms with E-state index in [9.17, 15) is 4.79 Å². The molecule has 0 unspecified atom stereocenters. The van der Waals surface area contributed by atoms with Gasteiger partial charge in [-0.2, -0.15) is 4.52 Å². The molecule has 0 saturated heterocycles. The summed E-state index contributed by atoms with van der Waals surface area (Å²) in [6.07, 6.45) is 0.915. The van der Waals surface area contributed by atoms with Crippen molar-refractivity contribution in [1.29, 1.82) is 0 Å². The average molecular weight is 286 g/mol.